The molecular weight excluding hydrogens is 322 g/mol. The van der Waals surface area contributed by atoms with Gasteiger partial charge in [-0.05, 0) is 40.2 Å². The zero-order valence-electron chi connectivity index (χ0n) is 11.2. The van der Waals surface area contributed by atoms with Crippen molar-refractivity contribution in [3.63, 3.8) is 0 Å². The summed E-state index contributed by atoms with van der Waals surface area (Å²) in [5.74, 6) is 0. The van der Waals surface area contributed by atoms with E-state index < -0.39 is 0 Å². The Balaban J connectivity index is 2.24. The summed E-state index contributed by atoms with van der Waals surface area (Å²) in [5, 5.41) is 14.2. The summed E-state index contributed by atoms with van der Waals surface area (Å²) in [4.78, 5) is 10.6. The summed E-state index contributed by atoms with van der Waals surface area (Å²) in [7, 11) is 0. The number of aromatic nitrogens is 1. The summed E-state index contributed by atoms with van der Waals surface area (Å²) in [6.45, 7) is 4.36. The molecule has 5 nitrogen and oxygen atoms in total. The van der Waals surface area contributed by atoms with Crippen molar-refractivity contribution in [2.24, 2.45) is 0 Å². The topological polar surface area (TPSA) is 60.1 Å². The molecule has 2 rings (SSSR count). The van der Waals surface area contributed by atoms with Gasteiger partial charge in [0.05, 0.1) is 4.92 Å². The molecule has 0 unspecified atom stereocenters. The molecule has 0 aliphatic heterocycles. The molecule has 1 heterocycles. The highest BCUT2D eigenvalue weighted by molar-refractivity contribution is 9.10. The number of nitro benzene ring substituents is 1. The number of hydrogen-bond acceptors (Lipinski definition) is 3. The van der Waals surface area contributed by atoms with Crippen LogP contribution in [0.3, 0.4) is 0 Å². The fourth-order valence-corrected chi connectivity index (χ4v) is 2.56. The van der Waals surface area contributed by atoms with E-state index >= 15 is 0 Å². The number of nitrogens with one attached hydrogen (secondary N) is 1. The van der Waals surface area contributed by atoms with Gasteiger partial charge in [-0.15, -0.1) is 0 Å². The van der Waals surface area contributed by atoms with E-state index in [2.05, 4.69) is 32.7 Å². The molecule has 6 heteroatoms. The van der Waals surface area contributed by atoms with Crippen LogP contribution in [-0.4, -0.2) is 16.0 Å². The molecule has 0 bridgehead atoms. The van der Waals surface area contributed by atoms with Crippen LogP contribution in [0.2, 0.25) is 0 Å². The molecule has 0 aliphatic rings. The lowest BCUT2D eigenvalue weighted by Gasteiger charge is -2.11. The molecule has 0 saturated carbocycles. The van der Waals surface area contributed by atoms with Gasteiger partial charge in [0, 0.05) is 31.0 Å². The molecule has 1 N–H and O–H groups in total. The van der Waals surface area contributed by atoms with Crippen LogP contribution in [-0.2, 0) is 13.1 Å². The summed E-state index contributed by atoms with van der Waals surface area (Å²) in [6, 6.07) is 9.15. The van der Waals surface area contributed by atoms with E-state index in [1.807, 2.05) is 24.4 Å². The van der Waals surface area contributed by atoms with Gasteiger partial charge in [-0.25, -0.2) is 0 Å². The third-order valence-electron chi connectivity index (χ3n) is 3.08. The maximum absolute atomic E-state index is 10.9. The van der Waals surface area contributed by atoms with Crippen molar-refractivity contribution >= 4 is 21.6 Å². The lowest BCUT2D eigenvalue weighted by molar-refractivity contribution is -0.385. The third-order valence-corrected chi connectivity index (χ3v) is 3.99. The first-order valence-corrected chi connectivity index (χ1v) is 7.19. The third kappa shape index (κ3) is 3.26. The van der Waals surface area contributed by atoms with Gasteiger partial charge in [0.1, 0.15) is 4.47 Å². The number of benzene rings is 1. The summed E-state index contributed by atoms with van der Waals surface area (Å²) < 4.78 is 2.64. The molecule has 0 saturated heterocycles. The minimum Gasteiger partial charge on any atom is -0.346 e. The molecule has 0 amide bonds. The summed E-state index contributed by atoms with van der Waals surface area (Å²) >= 11 is 3.33. The lowest BCUT2D eigenvalue weighted by Crippen LogP contribution is -2.15. The molecule has 0 aliphatic carbocycles. The average Bonchev–Trinajstić information content (AvgIpc) is 2.85. The number of rotatable bonds is 6. The Morgan fingerprint density at radius 3 is 2.85 bits per heavy atom. The van der Waals surface area contributed by atoms with Crippen LogP contribution in [0.15, 0.2) is 41.0 Å². The van der Waals surface area contributed by atoms with Crippen LogP contribution in [0.1, 0.15) is 18.2 Å². The molecule has 2 aromatic rings. The van der Waals surface area contributed by atoms with Crippen molar-refractivity contribution in [2.45, 2.75) is 20.0 Å². The number of halogens is 1. The van der Waals surface area contributed by atoms with Crippen LogP contribution >= 0.6 is 15.9 Å². The van der Waals surface area contributed by atoms with Crippen LogP contribution < -0.4 is 5.32 Å². The van der Waals surface area contributed by atoms with Crippen molar-refractivity contribution in [1.82, 2.24) is 9.88 Å². The molecule has 1 aromatic carbocycles. The smallest absolute Gasteiger partial charge is 0.283 e. The van der Waals surface area contributed by atoms with E-state index in [1.54, 1.807) is 6.07 Å². The summed E-state index contributed by atoms with van der Waals surface area (Å²) in [6.07, 6.45) is 1.98. The maximum Gasteiger partial charge on any atom is 0.283 e. The Labute approximate surface area is 125 Å². The predicted octanol–water partition coefficient (Wildman–Crippen LogP) is 3.32. The second-order valence-corrected chi connectivity index (χ2v) is 5.21. The predicted molar refractivity (Wildman–Crippen MR) is 81.7 cm³/mol. The minimum absolute atomic E-state index is 0.0999. The Bertz CT molecular complexity index is 610. The zero-order valence-corrected chi connectivity index (χ0v) is 12.8. The average molecular weight is 338 g/mol. The first-order valence-electron chi connectivity index (χ1n) is 6.40. The van der Waals surface area contributed by atoms with Gasteiger partial charge >= 0.3 is 0 Å². The first kappa shape index (κ1) is 14.7. The number of nitro groups is 1. The second-order valence-electron chi connectivity index (χ2n) is 4.42. The van der Waals surface area contributed by atoms with Crippen LogP contribution in [0.4, 0.5) is 5.69 Å². The van der Waals surface area contributed by atoms with Crippen molar-refractivity contribution in [2.75, 3.05) is 6.54 Å². The lowest BCUT2D eigenvalue weighted by atomic mass is 10.2. The molecule has 0 radical (unpaired) electrons. The van der Waals surface area contributed by atoms with Gasteiger partial charge in [-0.1, -0.05) is 19.1 Å². The largest absolute Gasteiger partial charge is 0.346 e. The highest BCUT2D eigenvalue weighted by atomic mass is 79.9. The molecular formula is C14H16BrN3O2. The Morgan fingerprint density at radius 2 is 2.15 bits per heavy atom. The Morgan fingerprint density at radius 1 is 1.35 bits per heavy atom. The zero-order chi connectivity index (χ0) is 14.5. The number of hydrogen-bond donors (Lipinski definition) is 1. The molecule has 0 atom stereocenters. The van der Waals surface area contributed by atoms with E-state index in [9.17, 15) is 10.1 Å². The van der Waals surface area contributed by atoms with E-state index in [-0.39, 0.29) is 10.6 Å². The van der Waals surface area contributed by atoms with Gasteiger partial charge in [0.2, 0.25) is 0 Å². The molecule has 1 aromatic heterocycles. The maximum atomic E-state index is 10.9. The molecule has 20 heavy (non-hydrogen) atoms. The second kappa shape index (κ2) is 6.67. The minimum atomic E-state index is -0.372. The van der Waals surface area contributed by atoms with E-state index in [1.165, 1.54) is 6.07 Å². The Kier molecular flexibility index (Phi) is 4.92. The molecule has 0 spiro atoms. The SMILES string of the molecule is CCNCc1cccn1Cc1cccc([N+](=O)[O-])c1Br. The highest BCUT2D eigenvalue weighted by Crippen LogP contribution is 2.29. The van der Waals surface area contributed by atoms with Crippen molar-refractivity contribution < 1.29 is 4.92 Å². The fraction of sp³-hybridized carbons (Fsp3) is 0.286. The fourth-order valence-electron chi connectivity index (χ4n) is 2.03. The van der Waals surface area contributed by atoms with Gasteiger partial charge in [-0.3, -0.25) is 10.1 Å². The molecule has 0 fully saturated rings. The first-order chi connectivity index (χ1) is 9.63. The van der Waals surface area contributed by atoms with Crippen LogP contribution in [0, 0.1) is 10.1 Å². The van der Waals surface area contributed by atoms with Crippen molar-refractivity contribution in [3.05, 3.63) is 62.4 Å². The van der Waals surface area contributed by atoms with Gasteiger partial charge < -0.3 is 9.88 Å². The van der Waals surface area contributed by atoms with Crippen molar-refractivity contribution in [1.29, 1.82) is 0 Å². The highest BCUT2D eigenvalue weighted by Gasteiger charge is 2.15. The van der Waals surface area contributed by atoms with E-state index in [0.29, 0.717) is 11.0 Å². The van der Waals surface area contributed by atoms with E-state index in [4.69, 9.17) is 0 Å². The number of nitrogens with zero attached hydrogens (tertiary/aromatic N) is 2. The van der Waals surface area contributed by atoms with Gasteiger partial charge in [-0.2, -0.15) is 0 Å². The molecule has 106 valence electrons. The van der Waals surface area contributed by atoms with Gasteiger partial charge in [0.25, 0.3) is 5.69 Å². The summed E-state index contributed by atoms with van der Waals surface area (Å²) in [5.41, 5.74) is 2.15. The standard InChI is InChI=1S/C14H16BrN3O2/c1-2-16-9-12-6-4-8-17(12)10-11-5-3-7-13(14(11)15)18(19)20/h3-8,16H,2,9-10H2,1H3. The Hall–Kier alpha value is -1.66. The van der Waals surface area contributed by atoms with Crippen LogP contribution in [0.5, 0.6) is 0 Å². The normalized spacial score (nSPS) is 10.7. The van der Waals surface area contributed by atoms with E-state index in [0.717, 1.165) is 24.3 Å². The quantitative estimate of drug-likeness (QED) is 0.649. The van der Waals surface area contributed by atoms with Crippen LogP contribution in [0.25, 0.3) is 0 Å². The van der Waals surface area contributed by atoms with Crippen molar-refractivity contribution in [3.8, 4) is 0 Å². The monoisotopic (exact) mass is 337 g/mol. The van der Waals surface area contributed by atoms with Gasteiger partial charge in [0.15, 0.2) is 0 Å².